The van der Waals surface area contributed by atoms with Crippen LogP contribution in [0, 0.1) is 0 Å². The lowest BCUT2D eigenvalue weighted by Gasteiger charge is -1.98. The first-order valence-electron chi connectivity index (χ1n) is 2.72. The quantitative estimate of drug-likeness (QED) is 0.426. The van der Waals surface area contributed by atoms with Gasteiger partial charge in [0, 0.05) is 0 Å². The summed E-state index contributed by atoms with van der Waals surface area (Å²) in [6, 6.07) is 0. The van der Waals surface area contributed by atoms with Crippen molar-refractivity contribution in [1.82, 2.24) is 5.32 Å². The molecule has 0 aliphatic heterocycles. The fourth-order valence-corrected chi connectivity index (χ4v) is 0.347. The highest BCUT2D eigenvalue weighted by molar-refractivity contribution is 5.71. The molecule has 0 heterocycles. The van der Waals surface area contributed by atoms with Gasteiger partial charge in [0.2, 0.25) is 0 Å². The first kappa shape index (κ1) is 8.17. The monoisotopic (exact) mass is 129 g/mol. The Balaban J connectivity index is 3.16. The molecule has 0 amide bonds. The first-order valence-corrected chi connectivity index (χ1v) is 2.72. The minimum atomic E-state index is -0.252. The van der Waals surface area contributed by atoms with E-state index in [1.165, 1.54) is 6.08 Å². The van der Waals surface area contributed by atoms with Crippen LogP contribution in [0.5, 0.6) is 0 Å². The van der Waals surface area contributed by atoms with Crippen LogP contribution in [0.25, 0.3) is 0 Å². The van der Waals surface area contributed by atoms with E-state index in [2.05, 4.69) is 16.6 Å². The van der Waals surface area contributed by atoms with Crippen LogP contribution in [-0.4, -0.2) is 26.2 Å². The van der Waals surface area contributed by atoms with E-state index < -0.39 is 0 Å². The molecule has 0 rings (SSSR count). The lowest BCUT2D eigenvalue weighted by Crippen LogP contribution is -2.20. The average Bonchev–Trinajstić information content (AvgIpc) is 1.85. The highest BCUT2D eigenvalue weighted by Gasteiger charge is 1.95. The summed E-state index contributed by atoms with van der Waals surface area (Å²) in [6.45, 7) is 3.95. The summed E-state index contributed by atoms with van der Waals surface area (Å²) in [5.41, 5.74) is 0. The third kappa shape index (κ3) is 5.03. The number of hydrogen-bond donors (Lipinski definition) is 1. The topological polar surface area (TPSA) is 38.3 Å². The number of nitrogens with one attached hydrogen (secondary N) is 1. The van der Waals surface area contributed by atoms with E-state index in [4.69, 9.17) is 0 Å². The van der Waals surface area contributed by atoms with Gasteiger partial charge in [-0.1, -0.05) is 12.7 Å². The molecule has 3 nitrogen and oxygen atoms in total. The maximum Gasteiger partial charge on any atom is 0.320 e. The Morgan fingerprint density at radius 1 is 1.89 bits per heavy atom. The van der Waals surface area contributed by atoms with Gasteiger partial charge in [0.1, 0.15) is 6.61 Å². The zero-order valence-corrected chi connectivity index (χ0v) is 5.52. The van der Waals surface area contributed by atoms with Crippen LogP contribution >= 0.6 is 0 Å². The maximum absolute atomic E-state index is 10.5. The van der Waals surface area contributed by atoms with Crippen LogP contribution in [0.15, 0.2) is 12.7 Å². The number of hydrogen-bond acceptors (Lipinski definition) is 3. The van der Waals surface area contributed by atoms with Gasteiger partial charge < -0.3 is 10.1 Å². The zero-order chi connectivity index (χ0) is 7.11. The molecule has 0 aromatic rings. The molecule has 52 valence electrons. The molecule has 0 bridgehead atoms. The van der Waals surface area contributed by atoms with Crippen molar-refractivity contribution in [1.29, 1.82) is 0 Å². The Morgan fingerprint density at radius 3 is 3.00 bits per heavy atom. The Bertz CT molecular complexity index is 101. The van der Waals surface area contributed by atoms with Crippen molar-refractivity contribution in [2.24, 2.45) is 0 Å². The van der Waals surface area contributed by atoms with E-state index in [0.29, 0.717) is 6.61 Å². The summed E-state index contributed by atoms with van der Waals surface area (Å²) in [5, 5.41) is 2.67. The molecule has 0 unspecified atom stereocenters. The lowest BCUT2D eigenvalue weighted by molar-refractivity contribution is -0.141. The van der Waals surface area contributed by atoms with Crippen molar-refractivity contribution in [3.8, 4) is 0 Å². The van der Waals surface area contributed by atoms with E-state index in [9.17, 15) is 4.79 Å². The van der Waals surface area contributed by atoms with Gasteiger partial charge in [-0.25, -0.2) is 0 Å². The molecule has 0 aromatic carbocycles. The van der Waals surface area contributed by atoms with Crippen LogP contribution in [-0.2, 0) is 9.53 Å². The molecule has 1 N–H and O–H groups in total. The minimum absolute atomic E-state index is 0.252. The molecule has 3 heteroatoms. The Morgan fingerprint density at radius 2 is 2.56 bits per heavy atom. The Kier molecular flexibility index (Phi) is 4.82. The standard InChI is InChI=1S/C6H11NO2/c1-3-4-9-6(8)5-7-2/h3,7H,1,4-5H2,2H3. The molecule has 0 aliphatic rings. The molecular formula is C6H11NO2. The number of likely N-dealkylation sites (N-methyl/N-ethyl adjacent to an activating group) is 1. The lowest BCUT2D eigenvalue weighted by atomic mass is 10.6. The van der Waals surface area contributed by atoms with E-state index in [0.717, 1.165) is 0 Å². The highest BCUT2D eigenvalue weighted by Crippen LogP contribution is 1.75. The molecule has 0 atom stereocenters. The second-order valence-corrected chi connectivity index (χ2v) is 1.50. The third-order valence-corrected chi connectivity index (χ3v) is 0.683. The highest BCUT2D eigenvalue weighted by atomic mass is 16.5. The molecular weight excluding hydrogens is 118 g/mol. The van der Waals surface area contributed by atoms with Gasteiger partial charge in [-0.05, 0) is 7.05 Å². The van der Waals surface area contributed by atoms with Gasteiger partial charge in [-0.3, -0.25) is 4.79 Å². The van der Waals surface area contributed by atoms with Gasteiger partial charge >= 0.3 is 5.97 Å². The molecule has 9 heavy (non-hydrogen) atoms. The Hall–Kier alpha value is -0.830. The van der Waals surface area contributed by atoms with Crippen molar-refractivity contribution in [2.45, 2.75) is 0 Å². The number of esters is 1. The van der Waals surface area contributed by atoms with Gasteiger partial charge in [-0.2, -0.15) is 0 Å². The molecule has 0 aromatic heterocycles. The smallest absolute Gasteiger partial charge is 0.320 e. The van der Waals surface area contributed by atoms with Crippen molar-refractivity contribution < 1.29 is 9.53 Å². The minimum Gasteiger partial charge on any atom is -0.461 e. The predicted molar refractivity (Wildman–Crippen MR) is 35.1 cm³/mol. The van der Waals surface area contributed by atoms with Gasteiger partial charge in [0.15, 0.2) is 0 Å². The van der Waals surface area contributed by atoms with Gasteiger partial charge in [0.05, 0.1) is 6.54 Å². The fraction of sp³-hybridized carbons (Fsp3) is 0.500. The van der Waals surface area contributed by atoms with Crippen molar-refractivity contribution in [3.63, 3.8) is 0 Å². The third-order valence-electron chi connectivity index (χ3n) is 0.683. The number of rotatable bonds is 4. The number of carbonyl (C=O) groups is 1. The summed E-state index contributed by atoms with van der Waals surface area (Å²) >= 11 is 0. The molecule has 0 aliphatic carbocycles. The second-order valence-electron chi connectivity index (χ2n) is 1.50. The predicted octanol–water partition coefficient (Wildman–Crippen LogP) is -0.0650. The summed E-state index contributed by atoms with van der Waals surface area (Å²) in [6.07, 6.45) is 1.54. The number of carbonyl (C=O) groups excluding carboxylic acids is 1. The van der Waals surface area contributed by atoms with Crippen LogP contribution in [0.2, 0.25) is 0 Å². The molecule has 0 fully saturated rings. The van der Waals surface area contributed by atoms with Crippen LogP contribution in [0.1, 0.15) is 0 Å². The van der Waals surface area contributed by atoms with E-state index in [-0.39, 0.29) is 12.5 Å². The van der Waals surface area contributed by atoms with Crippen molar-refractivity contribution >= 4 is 5.97 Å². The molecule has 0 saturated carbocycles. The van der Waals surface area contributed by atoms with Crippen LogP contribution in [0.4, 0.5) is 0 Å². The second kappa shape index (κ2) is 5.31. The normalized spacial score (nSPS) is 8.56. The number of ether oxygens (including phenoxy) is 1. The van der Waals surface area contributed by atoms with Crippen molar-refractivity contribution in [2.75, 3.05) is 20.2 Å². The molecule has 0 spiro atoms. The van der Waals surface area contributed by atoms with E-state index in [1.54, 1.807) is 7.05 Å². The summed E-state index contributed by atoms with van der Waals surface area (Å²) in [4.78, 5) is 10.5. The SMILES string of the molecule is C=CCOC(=O)CNC. The molecule has 0 saturated heterocycles. The summed E-state index contributed by atoms with van der Waals surface area (Å²) in [5.74, 6) is -0.252. The van der Waals surface area contributed by atoms with Crippen LogP contribution in [0.3, 0.4) is 0 Å². The largest absolute Gasteiger partial charge is 0.461 e. The van der Waals surface area contributed by atoms with Gasteiger partial charge in [0.25, 0.3) is 0 Å². The first-order chi connectivity index (χ1) is 4.31. The van der Waals surface area contributed by atoms with E-state index >= 15 is 0 Å². The Labute approximate surface area is 54.7 Å². The van der Waals surface area contributed by atoms with Crippen molar-refractivity contribution in [3.05, 3.63) is 12.7 Å². The van der Waals surface area contributed by atoms with E-state index in [1.807, 2.05) is 0 Å². The average molecular weight is 129 g/mol. The summed E-state index contributed by atoms with van der Waals surface area (Å²) < 4.78 is 4.61. The van der Waals surface area contributed by atoms with Gasteiger partial charge in [-0.15, -0.1) is 0 Å². The zero-order valence-electron chi connectivity index (χ0n) is 5.52. The molecule has 0 radical (unpaired) electrons. The van der Waals surface area contributed by atoms with Crippen LogP contribution < -0.4 is 5.32 Å². The maximum atomic E-state index is 10.5. The fourth-order valence-electron chi connectivity index (χ4n) is 0.347. The summed E-state index contributed by atoms with van der Waals surface area (Å²) in [7, 11) is 1.69.